The van der Waals surface area contributed by atoms with Crippen LogP contribution in [0.1, 0.15) is 62.9 Å². The van der Waals surface area contributed by atoms with Gasteiger partial charge in [-0.25, -0.2) is 0 Å². The summed E-state index contributed by atoms with van der Waals surface area (Å²) in [6, 6.07) is 2.79. The van der Waals surface area contributed by atoms with E-state index < -0.39 is 0 Å². The van der Waals surface area contributed by atoms with Gasteiger partial charge in [-0.3, -0.25) is 4.90 Å². The Balaban J connectivity index is 2.21. The molecule has 1 aromatic heterocycles. The summed E-state index contributed by atoms with van der Waals surface area (Å²) in [5.41, 5.74) is 1.64. The van der Waals surface area contributed by atoms with Crippen LogP contribution in [0.3, 0.4) is 0 Å². The first-order chi connectivity index (χ1) is 9.55. The van der Waals surface area contributed by atoms with Crippen molar-refractivity contribution in [3.8, 4) is 0 Å². The summed E-state index contributed by atoms with van der Waals surface area (Å²) >= 11 is 1.87. The molecule has 20 heavy (non-hydrogen) atoms. The molecule has 3 heteroatoms. The highest BCUT2D eigenvalue weighted by atomic mass is 32.1. The van der Waals surface area contributed by atoms with Crippen molar-refractivity contribution in [1.29, 1.82) is 0 Å². The van der Waals surface area contributed by atoms with Gasteiger partial charge in [0.2, 0.25) is 0 Å². The summed E-state index contributed by atoms with van der Waals surface area (Å²) in [6.45, 7) is 12.8. The zero-order valence-electron chi connectivity index (χ0n) is 13.5. The van der Waals surface area contributed by atoms with Crippen molar-refractivity contribution in [2.24, 2.45) is 0 Å². The van der Waals surface area contributed by atoms with E-state index in [1.54, 1.807) is 0 Å². The van der Waals surface area contributed by atoms with Gasteiger partial charge in [0.05, 0.1) is 6.04 Å². The van der Waals surface area contributed by atoms with Crippen LogP contribution in [0.25, 0.3) is 0 Å². The Bertz CT molecular complexity index is 403. The highest BCUT2D eigenvalue weighted by Gasteiger charge is 2.36. The lowest BCUT2D eigenvalue weighted by molar-refractivity contribution is 0.0841. The minimum Gasteiger partial charge on any atom is -0.309 e. The number of hydrogen-bond donors (Lipinski definition) is 1. The summed E-state index contributed by atoms with van der Waals surface area (Å²) in [6.07, 6.45) is 5.50. The maximum Gasteiger partial charge on any atom is 0.0510 e. The van der Waals surface area contributed by atoms with Crippen LogP contribution in [0.15, 0.2) is 11.4 Å². The van der Waals surface area contributed by atoms with Crippen LogP contribution in [0, 0.1) is 6.92 Å². The lowest BCUT2D eigenvalue weighted by Gasteiger charge is -2.44. The molecule has 1 atom stereocenters. The Hall–Kier alpha value is -0.380. The number of nitrogens with one attached hydrogen (secondary N) is 1. The zero-order chi connectivity index (χ0) is 14.6. The third kappa shape index (κ3) is 3.63. The number of likely N-dealkylation sites (N-methyl/N-ethyl adjacent to an activating group) is 1. The molecule has 1 aliphatic rings. The Morgan fingerprint density at radius 1 is 1.25 bits per heavy atom. The molecule has 0 bridgehead atoms. The summed E-state index contributed by atoms with van der Waals surface area (Å²) in [5, 5.41) is 6.07. The number of nitrogens with zero attached hydrogens (tertiary/aromatic N) is 1. The molecule has 1 unspecified atom stereocenters. The SMILES string of the molecule is CCNC(c1csc(C)c1)C(C)(C)N1CCCCCC1. The van der Waals surface area contributed by atoms with Gasteiger partial charge in [-0.05, 0) is 70.3 Å². The molecule has 0 spiro atoms. The second-order valence-corrected chi connectivity index (χ2v) is 7.65. The second kappa shape index (κ2) is 7.06. The maximum atomic E-state index is 3.74. The van der Waals surface area contributed by atoms with Gasteiger partial charge < -0.3 is 5.32 Å². The molecule has 2 heterocycles. The van der Waals surface area contributed by atoms with Crippen molar-refractivity contribution in [2.75, 3.05) is 19.6 Å². The molecule has 0 saturated carbocycles. The molecule has 0 aliphatic carbocycles. The average Bonchev–Trinajstić information content (AvgIpc) is 2.68. The molecule has 1 N–H and O–H groups in total. The lowest BCUT2D eigenvalue weighted by Crippen LogP contribution is -2.53. The Morgan fingerprint density at radius 2 is 1.90 bits per heavy atom. The minimum absolute atomic E-state index is 0.174. The third-order valence-corrected chi connectivity index (χ3v) is 5.50. The van der Waals surface area contributed by atoms with Gasteiger partial charge in [0.1, 0.15) is 0 Å². The fourth-order valence-corrected chi connectivity index (χ4v) is 4.15. The van der Waals surface area contributed by atoms with Gasteiger partial charge in [-0.15, -0.1) is 11.3 Å². The third-order valence-electron chi connectivity index (χ3n) is 4.62. The Morgan fingerprint density at radius 3 is 2.40 bits per heavy atom. The molecule has 1 aliphatic heterocycles. The van der Waals surface area contributed by atoms with Crippen molar-refractivity contribution in [3.05, 3.63) is 21.9 Å². The number of rotatable bonds is 5. The molecule has 2 rings (SSSR count). The summed E-state index contributed by atoms with van der Waals surface area (Å²) in [7, 11) is 0. The smallest absolute Gasteiger partial charge is 0.0510 e. The number of hydrogen-bond acceptors (Lipinski definition) is 3. The van der Waals surface area contributed by atoms with Gasteiger partial charge in [0, 0.05) is 10.4 Å². The van der Waals surface area contributed by atoms with E-state index in [-0.39, 0.29) is 5.54 Å². The lowest BCUT2D eigenvalue weighted by atomic mass is 9.87. The molecule has 114 valence electrons. The topological polar surface area (TPSA) is 15.3 Å². The Labute approximate surface area is 128 Å². The highest BCUT2D eigenvalue weighted by Crippen LogP contribution is 2.34. The van der Waals surface area contributed by atoms with E-state index in [1.165, 1.54) is 49.2 Å². The Kier molecular flexibility index (Phi) is 5.65. The van der Waals surface area contributed by atoms with Crippen LogP contribution in [0.5, 0.6) is 0 Å². The molecular formula is C17H30N2S. The van der Waals surface area contributed by atoms with Crippen LogP contribution in [0.2, 0.25) is 0 Å². The van der Waals surface area contributed by atoms with Crippen molar-refractivity contribution in [2.45, 2.75) is 65.0 Å². The fourth-order valence-electron chi connectivity index (χ4n) is 3.42. The summed E-state index contributed by atoms with van der Waals surface area (Å²) in [4.78, 5) is 4.12. The molecule has 2 nitrogen and oxygen atoms in total. The van der Waals surface area contributed by atoms with Gasteiger partial charge in [-0.2, -0.15) is 0 Å². The predicted molar refractivity (Wildman–Crippen MR) is 89.6 cm³/mol. The zero-order valence-corrected chi connectivity index (χ0v) is 14.4. The fraction of sp³-hybridized carbons (Fsp3) is 0.765. The monoisotopic (exact) mass is 294 g/mol. The molecule has 1 aromatic rings. The maximum absolute atomic E-state index is 3.74. The van der Waals surface area contributed by atoms with E-state index in [0.29, 0.717) is 6.04 Å². The number of aryl methyl sites for hydroxylation is 1. The quantitative estimate of drug-likeness (QED) is 0.868. The first-order valence-electron chi connectivity index (χ1n) is 8.09. The summed E-state index contributed by atoms with van der Waals surface area (Å²) in [5.74, 6) is 0. The van der Waals surface area contributed by atoms with Gasteiger partial charge in [0.15, 0.2) is 0 Å². The molecule has 0 amide bonds. The molecule has 1 saturated heterocycles. The van der Waals surface area contributed by atoms with Gasteiger partial charge in [0.25, 0.3) is 0 Å². The number of thiophene rings is 1. The normalized spacial score (nSPS) is 19.8. The van der Waals surface area contributed by atoms with Crippen molar-refractivity contribution in [3.63, 3.8) is 0 Å². The highest BCUT2D eigenvalue weighted by molar-refractivity contribution is 7.10. The van der Waals surface area contributed by atoms with E-state index in [4.69, 9.17) is 0 Å². The van der Waals surface area contributed by atoms with Crippen LogP contribution in [-0.4, -0.2) is 30.1 Å². The average molecular weight is 295 g/mol. The van der Waals surface area contributed by atoms with Gasteiger partial charge in [-0.1, -0.05) is 19.8 Å². The van der Waals surface area contributed by atoms with E-state index in [2.05, 4.69) is 49.4 Å². The first-order valence-corrected chi connectivity index (χ1v) is 8.97. The van der Waals surface area contributed by atoms with E-state index in [9.17, 15) is 0 Å². The molecule has 0 aromatic carbocycles. The standard InChI is InChI=1S/C17H30N2S/c1-5-18-16(15-12-14(2)20-13-15)17(3,4)19-10-8-6-7-9-11-19/h12-13,16,18H,5-11H2,1-4H3. The second-order valence-electron chi connectivity index (χ2n) is 6.54. The van der Waals surface area contributed by atoms with Crippen molar-refractivity contribution >= 4 is 11.3 Å². The molecule has 1 fully saturated rings. The van der Waals surface area contributed by atoms with E-state index in [1.807, 2.05) is 11.3 Å². The minimum atomic E-state index is 0.174. The molecule has 0 radical (unpaired) electrons. The predicted octanol–water partition coefficient (Wildman–Crippen LogP) is 4.36. The van der Waals surface area contributed by atoms with E-state index in [0.717, 1.165) is 6.54 Å². The van der Waals surface area contributed by atoms with Crippen molar-refractivity contribution < 1.29 is 0 Å². The van der Waals surface area contributed by atoms with Crippen molar-refractivity contribution in [1.82, 2.24) is 10.2 Å². The summed E-state index contributed by atoms with van der Waals surface area (Å²) < 4.78 is 0. The number of likely N-dealkylation sites (tertiary alicyclic amines) is 1. The van der Waals surface area contributed by atoms with Gasteiger partial charge >= 0.3 is 0 Å². The van der Waals surface area contributed by atoms with E-state index >= 15 is 0 Å². The van der Waals surface area contributed by atoms with Crippen LogP contribution in [-0.2, 0) is 0 Å². The molecular weight excluding hydrogens is 264 g/mol. The van der Waals surface area contributed by atoms with Crippen LogP contribution in [0.4, 0.5) is 0 Å². The van der Waals surface area contributed by atoms with Crippen LogP contribution >= 0.6 is 11.3 Å². The largest absolute Gasteiger partial charge is 0.309 e. The first kappa shape index (κ1) is 16.0. The van der Waals surface area contributed by atoms with Crippen LogP contribution < -0.4 is 5.32 Å².